The maximum absolute atomic E-state index is 13.5. The molecule has 108 valence electrons. The normalized spacial score (nSPS) is 11.2. The standard InChI is InChI=1S/C14H12FN3O3/c1-3-21-14(20)11-7(2)18-10-6-8(15)4-5-9(10)16-13(19)12(18)17-11/h4-6H,3H2,1-2H3,(H,16,19). The van der Waals surface area contributed by atoms with Crippen molar-refractivity contribution in [1.29, 1.82) is 0 Å². The van der Waals surface area contributed by atoms with Gasteiger partial charge >= 0.3 is 5.97 Å². The summed E-state index contributed by atoms with van der Waals surface area (Å²) in [5.41, 5.74) is 0.973. The van der Waals surface area contributed by atoms with Crippen molar-refractivity contribution in [3.05, 3.63) is 45.8 Å². The summed E-state index contributed by atoms with van der Waals surface area (Å²) in [5.74, 6) is -1.05. The summed E-state index contributed by atoms with van der Waals surface area (Å²) in [5, 5.41) is 0. The first-order chi connectivity index (χ1) is 10.0. The molecule has 0 unspecified atom stereocenters. The molecule has 0 radical (unpaired) electrons. The number of rotatable bonds is 2. The third-order valence-corrected chi connectivity index (χ3v) is 3.23. The second-order valence-electron chi connectivity index (χ2n) is 4.54. The van der Waals surface area contributed by atoms with Crippen LogP contribution in [0, 0.1) is 12.7 Å². The minimum Gasteiger partial charge on any atom is -0.461 e. The molecule has 0 aliphatic rings. The van der Waals surface area contributed by atoms with Crippen molar-refractivity contribution in [2.75, 3.05) is 6.61 Å². The molecule has 3 rings (SSSR count). The van der Waals surface area contributed by atoms with E-state index in [2.05, 4.69) is 9.97 Å². The van der Waals surface area contributed by atoms with Crippen molar-refractivity contribution in [2.45, 2.75) is 13.8 Å². The molecule has 0 fully saturated rings. The maximum Gasteiger partial charge on any atom is 0.358 e. The average molecular weight is 289 g/mol. The molecule has 2 heterocycles. The number of fused-ring (bicyclic) bond motifs is 3. The van der Waals surface area contributed by atoms with Crippen LogP contribution >= 0.6 is 0 Å². The molecule has 21 heavy (non-hydrogen) atoms. The van der Waals surface area contributed by atoms with Crippen LogP contribution in [0.15, 0.2) is 23.0 Å². The molecule has 0 spiro atoms. The number of aryl methyl sites for hydroxylation is 1. The Morgan fingerprint density at radius 2 is 2.24 bits per heavy atom. The minimum absolute atomic E-state index is 0.0358. The van der Waals surface area contributed by atoms with Crippen LogP contribution in [0.25, 0.3) is 16.7 Å². The van der Waals surface area contributed by atoms with Crippen LogP contribution in [-0.4, -0.2) is 26.9 Å². The van der Waals surface area contributed by atoms with Crippen LogP contribution in [0.3, 0.4) is 0 Å². The topological polar surface area (TPSA) is 76.5 Å². The monoisotopic (exact) mass is 289 g/mol. The van der Waals surface area contributed by atoms with Gasteiger partial charge in [-0.3, -0.25) is 9.20 Å². The van der Waals surface area contributed by atoms with E-state index in [1.807, 2.05) is 0 Å². The number of nitrogens with one attached hydrogen (secondary N) is 1. The molecular weight excluding hydrogens is 277 g/mol. The van der Waals surface area contributed by atoms with E-state index in [-0.39, 0.29) is 17.9 Å². The van der Waals surface area contributed by atoms with Crippen LogP contribution in [0.1, 0.15) is 23.1 Å². The van der Waals surface area contributed by atoms with Crippen LogP contribution in [0.2, 0.25) is 0 Å². The summed E-state index contributed by atoms with van der Waals surface area (Å²) in [4.78, 5) is 30.6. The highest BCUT2D eigenvalue weighted by Gasteiger charge is 2.20. The second kappa shape index (κ2) is 4.69. The lowest BCUT2D eigenvalue weighted by Gasteiger charge is -2.04. The first-order valence-electron chi connectivity index (χ1n) is 6.40. The summed E-state index contributed by atoms with van der Waals surface area (Å²) in [6.07, 6.45) is 0. The third-order valence-electron chi connectivity index (χ3n) is 3.23. The van der Waals surface area contributed by atoms with Crippen LogP contribution in [-0.2, 0) is 4.74 Å². The van der Waals surface area contributed by atoms with Crippen LogP contribution in [0.4, 0.5) is 4.39 Å². The number of H-pyrrole nitrogens is 1. The average Bonchev–Trinajstić information content (AvgIpc) is 2.79. The summed E-state index contributed by atoms with van der Waals surface area (Å²) in [6.45, 7) is 3.52. The summed E-state index contributed by atoms with van der Waals surface area (Å²) in [6, 6.07) is 4.00. The molecule has 7 heteroatoms. The minimum atomic E-state index is -0.609. The van der Waals surface area contributed by atoms with E-state index in [4.69, 9.17) is 4.74 Å². The van der Waals surface area contributed by atoms with Crippen LogP contribution < -0.4 is 5.56 Å². The number of esters is 1. The van der Waals surface area contributed by atoms with Crippen molar-refractivity contribution >= 4 is 22.6 Å². The molecule has 1 N–H and O–H groups in total. The van der Waals surface area contributed by atoms with E-state index in [0.29, 0.717) is 16.7 Å². The predicted octanol–water partition coefficient (Wildman–Crippen LogP) is 1.80. The Balaban J connectivity index is 2.43. The highest BCUT2D eigenvalue weighted by molar-refractivity contribution is 5.90. The van der Waals surface area contributed by atoms with E-state index >= 15 is 0 Å². The maximum atomic E-state index is 13.5. The Morgan fingerprint density at radius 1 is 1.48 bits per heavy atom. The molecule has 0 bridgehead atoms. The highest BCUT2D eigenvalue weighted by Crippen LogP contribution is 2.18. The van der Waals surface area contributed by atoms with Gasteiger partial charge in [-0.05, 0) is 26.0 Å². The number of carbonyl (C=O) groups is 1. The number of hydrogen-bond acceptors (Lipinski definition) is 4. The molecule has 0 atom stereocenters. The van der Waals surface area contributed by atoms with Gasteiger partial charge in [0.2, 0.25) is 5.65 Å². The van der Waals surface area contributed by atoms with Crippen molar-refractivity contribution in [3.8, 4) is 0 Å². The number of hydrogen-bond donors (Lipinski definition) is 1. The number of aromatic nitrogens is 3. The zero-order valence-corrected chi connectivity index (χ0v) is 11.4. The summed E-state index contributed by atoms with van der Waals surface area (Å²) >= 11 is 0. The fraction of sp³-hybridized carbons (Fsp3) is 0.214. The number of carbonyl (C=O) groups excluding carboxylic acids is 1. The van der Waals surface area contributed by atoms with E-state index in [1.54, 1.807) is 13.8 Å². The highest BCUT2D eigenvalue weighted by atomic mass is 19.1. The number of halogens is 1. The number of benzene rings is 1. The van der Waals surface area contributed by atoms with Crippen molar-refractivity contribution < 1.29 is 13.9 Å². The zero-order chi connectivity index (χ0) is 15.1. The first kappa shape index (κ1) is 13.3. The van der Waals surface area contributed by atoms with Gasteiger partial charge in [0.05, 0.1) is 23.3 Å². The largest absolute Gasteiger partial charge is 0.461 e. The van der Waals surface area contributed by atoms with Crippen molar-refractivity contribution in [1.82, 2.24) is 14.4 Å². The molecule has 0 aliphatic carbocycles. The lowest BCUT2D eigenvalue weighted by molar-refractivity contribution is 0.0519. The molecule has 1 aromatic carbocycles. The zero-order valence-electron chi connectivity index (χ0n) is 11.4. The Bertz CT molecular complexity index is 926. The van der Waals surface area contributed by atoms with Gasteiger partial charge in [0.25, 0.3) is 5.56 Å². The van der Waals surface area contributed by atoms with Crippen molar-refractivity contribution in [2.24, 2.45) is 0 Å². The SMILES string of the molecule is CCOC(=O)c1nc2c(=O)[nH]c3ccc(F)cc3n2c1C. The van der Waals surface area contributed by atoms with Gasteiger partial charge < -0.3 is 9.72 Å². The van der Waals surface area contributed by atoms with E-state index in [0.717, 1.165) is 0 Å². The molecule has 3 aromatic rings. The fourth-order valence-corrected chi connectivity index (χ4v) is 2.32. The summed E-state index contributed by atoms with van der Waals surface area (Å²) in [7, 11) is 0. The lowest BCUT2D eigenvalue weighted by atomic mass is 10.2. The van der Waals surface area contributed by atoms with Gasteiger partial charge in [0, 0.05) is 6.07 Å². The molecule has 0 saturated carbocycles. The fourth-order valence-electron chi connectivity index (χ4n) is 2.32. The van der Waals surface area contributed by atoms with E-state index in [1.165, 1.54) is 22.6 Å². The van der Waals surface area contributed by atoms with Gasteiger partial charge in [0.1, 0.15) is 5.82 Å². The Kier molecular flexibility index (Phi) is 2.97. The molecule has 0 aliphatic heterocycles. The quantitative estimate of drug-likeness (QED) is 0.730. The summed E-state index contributed by atoms with van der Waals surface area (Å²) < 4.78 is 19.8. The van der Waals surface area contributed by atoms with Gasteiger partial charge in [-0.15, -0.1) is 0 Å². The molecule has 2 aromatic heterocycles. The van der Waals surface area contributed by atoms with Crippen LogP contribution in [0.5, 0.6) is 0 Å². The number of aromatic amines is 1. The van der Waals surface area contributed by atoms with E-state index < -0.39 is 17.3 Å². The Hall–Kier alpha value is -2.70. The third kappa shape index (κ3) is 1.97. The van der Waals surface area contributed by atoms with E-state index in [9.17, 15) is 14.0 Å². The smallest absolute Gasteiger partial charge is 0.358 e. The molecule has 0 amide bonds. The van der Waals surface area contributed by atoms with Gasteiger partial charge in [-0.25, -0.2) is 14.2 Å². The Labute approximate surface area is 118 Å². The molecular formula is C14H12FN3O3. The lowest BCUT2D eigenvalue weighted by Crippen LogP contribution is -2.11. The second-order valence-corrected chi connectivity index (χ2v) is 4.54. The number of imidazole rings is 1. The Morgan fingerprint density at radius 3 is 2.95 bits per heavy atom. The van der Waals surface area contributed by atoms with Gasteiger partial charge in [-0.2, -0.15) is 0 Å². The van der Waals surface area contributed by atoms with Gasteiger partial charge in [0.15, 0.2) is 5.69 Å². The predicted molar refractivity (Wildman–Crippen MR) is 74.0 cm³/mol. The number of ether oxygens (including phenoxy) is 1. The van der Waals surface area contributed by atoms with Gasteiger partial charge in [-0.1, -0.05) is 0 Å². The first-order valence-corrected chi connectivity index (χ1v) is 6.40. The molecule has 6 nitrogen and oxygen atoms in total. The van der Waals surface area contributed by atoms with Crippen molar-refractivity contribution in [3.63, 3.8) is 0 Å². The molecule has 0 saturated heterocycles. The number of nitrogens with zero attached hydrogens (tertiary/aromatic N) is 2.